The van der Waals surface area contributed by atoms with Crippen LogP contribution in [-0.4, -0.2) is 34.0 Å². The van der Waals surface area contributed by atoms with Gasteiger partial charge in [0.25, 0.3) is 0 Å². The topological polar surface area (TPSA) is 71.3 Å². The number of aromatic nitrogens is 2. The molecule has 1 aromatic heterocycles. The number of hydrogen-bond acceptors (Lipinski definition) is 5. The standard InChI is InChI=1S/C25H22Cl2N4O2/c26-18-8-9-20(21(27)14-18)24-29-23(33-30-24)15-31-12-10-17(11-13-31)25(32)28-22-7-3-5-16-4-1-2-6-19(16)22/h1-9,14,17H,10-13,15H2,(H,28,32). The highest BCUT2D eigenvalue weighted by Gasteiger charge is 2.26. The molecule has 0 bridgehead atoms. The number of nitrogens with zero attached hydrogens (tertiary/aromatic N) is 3. The summed E-state index contributed by atoms with van der Waals surface area (Å²) in [5, 5.41) is 10.4. The summed E-state index contributed by atoms with van der Waals surface area (Å²) in [5.41, 5.74) is 1.54. The third-order valence-electron chi connectivity index (χ3n) is 6.00. The van der Waals surface area contributed by atoms with E-state index in [-0.39, 0.29) is 11.8 Å². The lowest BCUT2D eigenvalue weighted by molar-refractivity contribution is -0.121. The zero-order valence-corrected chi connectivity index (χ0v) is 19.3. The van der Waals surface area contributed by atoms with Crippen molar-refractivity contribution < 1.29 is 9.32 Å². The first-order chi connectivity index (χ1) is 16.1. The number of nitrogens with one attached hydrogen (secondary N) is 1. The van der Waals surface area contributed by atoms with Gasteiger partial charge in [0.1, 0.15) is 0 Å². The summed E-state index contributed by atoms with van der Waals surface area (Å²) in [6, 6.07) is 19.2. The molecule has 1 N–H and O–H groups in total. The summed E-state index contributed by atoms with van der Waals surface area (Å²) in [7, 11) is 0. The van der Waals surface area contributed by atoms with Crippen LogP contribution in [0.3, 0.4) is 0 Å². The first-order valence-electron chi connectivity index (χ1n) is 10.9. The zero-order valence-electron chi connectivity index (χ0n) is 17.8. The Kier molecular flexibility index (Phi) is 6.31. The summed E-state index contributed by atoms with van der Waals surface area (Å²) >= 11 is 12.2. The van der Waals surface area contributed by atoms with Crippen molar-refractivity contribution in [2.45, 2.75) is 19.4 Å². The molecule has 1 aliphatic rings. The van der Waals surface area contributed by atoms with E-state index < -0.39 is 0 Å². The number of halogens is 2. The summed E-state index contributed by atoms with van der Waals surface area (Å²) in [4.78, 5) is 19.6. The van der Waals surface area contributed by atoms with Gasteiger partial charge in [-0.3, -0.25) is 9.69 Å². The molecule has 1 amide bonds. The van der Waals surface area contributed by atoms with Crippen molar-refractivity contribution in [1.82, 2.24) is 15.0 Å². The van der Waals surface area contributed by atoms with Crippen LogP contribution in [0.25, 0.3) is 22.2 Å². The molecular formula is C25H22Cl2N4O2. The number of carbonyl (C=O) groups is 1. The summed E-state index contributed by atoms with van der Waals surface area (Å²) in [6.45, 7) is 2.11. The molecule has 2 heterocycles. The zero-order chi connectivity index (χ0) is 22.8. The van der Waals surface area contributed by atoms with E-state index in [0.717, 1.165) is 42.4 Å². The van der Waals surface area contributed by atoms with Gasteiger partial charge in [-0.05, 0) is 55.6 Å². The van der Waals surface area contributed by atoms with Crippen LogP contribution in [0.4, 0.5) is 5.69 Å². The van der Waals surface area contributed by atoms with E-state index in [2.05, 4.69) is 20.4 Å². The van der Waals surface area contributed by atoms with E-state index >= 15 is 0 Å². The van der Waals surface area contributed by atoms with Crippen LogP contribution in [0.5, 0.6) is 0 Å². The number of likely N-dealkylation sites (tertiary alicyclic amines) is 1. The normalized spacial score (nSPS) is 15.1. The van der Waals surface area contributed by atoms with Crippen LogP contribution in [0.1, 0.15) is 18.7 Å². The number of anilines is 1. The number of hydrogen-bond donors (Lipinski definition) is 1. The van der Waals surface area contributed by atoms with Gasteiger partial charge in [0.05, 0.1) is 11.6 Å². The van der Waals surface area contributed by atoms with Crippen LogP contribution in [0.15, 0.2) is 65.2 Å². The molecule has 5 rings (SSSR count). The van der Waals surface area contributed by atoms with Crippen LogP contribution in [0, 0.1) is 5.92 Å². The molecular weight excluding hydrogens is 459 g/mol. The van der Waals surface area contributed by atoms with Crippen molar-refractivity contribution >= 4 is 45.6 Å². The van der Waals surface area contributed by atoms with Crippen molar-refractivity contribution in [1.29, 1.82) is 0 Å². The average Bonchev–Trinajstić information content (AvgIpc) is 3.28. The molecule has 8 heteroatoms. The van der Waals surface area contributed by atoms with Gasteiger partial charge >= 0.3 is 0 Å². The molecule has 1 fully saturated rings. The molecule has 6 nitrogen and oxygen atoms in total. The van der Waals surface area contributed by atoms with E-state index in [1.54, 1.807) is 18.2 Å². The second kappa shape index (κ2) is 9.51. The molecule has 0 saturated carbocycles. The molecule has 1 saturated heterocycles. The van der Waals surface area contributed by atoms with E-state index in [0.29, 0.717) is 33.9 Å². The number of amides is 1. The maximum absolute atomic E-state index is 12.9. The minimum absolute atomic E-state index is 0.0219. The minimum atomic E-state index is -0.0219. The third-order valence-corrected chi connectivity index (χ3v) is 6.55. The maximum atomic E-state index is 12.9. The molecule has 1 aliphatic heterocycles. The Labute approximate surface area is 201 Å². The lowest BCUT2D eigenvalue weighted by Crippen LogP contribution is -2.37. The molecule has 168 valence electrons. The van der Waals surface area contributed by atoms with E-state index in [9.17, 15) is 4.79 Å². The lowest BCUT2D eigenvalue weighted by Gasteiger charge is -2.30. The van der Waals surface area contributed by atoms with Crippen LogP contribution in [0.2, 0.25) is 10.0 Å². The summed E-state index contributed by atoms with van der Waals surface area (Å²) in [6.07, 6.45) is 1.56. The summed E-state index contributed by atoms with van der Waals surface area (Å²) < 4.78 is 5.43. The van der Waals surface area contributed by atoms with Gasteiger partial charge in [-0.25, -0.2) is 0 Å². The minimum Gasteiger partial charge on any atom is -0.338 e. The maximum Gasteiger partial charge on any atom is 0.241 e. The first kappa shape index (κ1) is 21.9. The third kappa shape index (κ3) is 4.88. The van der Waals surface area contributed by atoms with Gasteiger partial charge in [-0.1, -0.05) is 64.8 Å². The molecule has 3 aromatic carbocycles. The van der Waals surface area contributed by atoms with Gasteiger partial charge < -0.3 is 9.84 Å². The monoisotopic (exact) mass is 480 g/mol. The van der Waals surface area contributed by atoms with E-state index in [4.69, 9.17) is 27.7 Å². The SMILES string of the molecule is O=C(Nc1cccc2ccccc12)C1CCN(Cc2nc(-c3ccc(Cl)cc3Cl)no2)CC1. The van der Waals surface area contributed by atoms with Gasteiger partial charge in [-0.2, -0.15) is 4.98 Å². The van der Waals surface area contributed by atoms with E-state index in [1.165, 1.54) is 0 Å². The highest BCUT2D eigenvalue weighted by atomic mass is 35.5. The molecule has 0 spiro atoms. The molecule has 33 heavy (non-hydrogen) atoms. The average molecular weight is 481 g/mol. The van der Waals surface area contributed by atoms with Crippen LogP contribution >= 0.6 is 23.2 Å². The van der Waals surface area contributed by atoms with Gasteiger partial charge in [0, 0.05) is 27.6 Å². The fraction of sp³-hybridized carbons (Fsp3) is 0.240. The van der Waals surface area contributed by atoms with Crippen molar-refractivity contribution in [3.63, 3.8) is 0 Å². The number of benzene rings is 3. The van der Waals surface area contributed by atoms with Crippen molar-refractivity contribution in [2.24, 2.45) is 5.92 Å². The second-order valence-corrected chi connectivity index (χ2v) is 9.05. The largest absolute Gasteiger partial charge is 0.338 e. The Morgan fingerprint density at radius 1 is 1.06 bits per heavy atom. The number of fused-ring (bicyclic) bond motifs is 1. The predicted octanol–water partition coefficient (Wildman–Crippen LogP) is 6.05. The van der Waals surface area contributed by atoms with Crippen molar-refractivity contribution in [3.8, 4) is 11.4 Å². The quantitative estimate of drug-likeness (QED) is 0.376. The molecule has 4 aromatic rings. The Balaban J connectivity index is 1.18. The first-order valence-corrected chi connectivity index (χ1v) is 11.6. The van der Waals surface area contributed by atoms with Gasteiger partial charge in [0.15, 0.2) is 0 Å². The Bertz CT molecular complexity index is 1290. The molecule has 0 aliphatic carbocycles. The number of carbonyl (C=O) groups excluding carboxylic acids is 1. The highest BCUT2D eigenvalue weighted by molar-refractivity contribution is 6.36. The Hall–Kier alpha value is -2.93. The van der Waals surface area contributed by atoms with Crippen LogP contribution in [-0.2, 0) is 11.3 Å². The van der Waals surface area contributed by atoms with Crippen molar-refractivity contribution in [3.05, 3.63) is 76.6 Å². The Morgan fingerprint density at radius 2 is 1.85 bits per heavy atom. The van der Waals surface area contributed by atoms with Crippen LogP contribution < -0.4 is 5.32 Å². The number of piperidine rings is 1. The van der Waals surface area contributed by atoms with E-state index in [1.807, 2.05) is 42.5 Å². The Morgan fingerprint density at radius 3 is 2.67 bits per heavy atom. The van der Waals surface area contributed by atoms with Gasteiger partial charge in [0.2, 0.25) is 17.6 Å². The molecule has 0 unspecified atom stereocenters. The fourth-order valence-electron chi connectivity index (χ4n) is 4.21. The lowest BCUT2D eigenvalue weighted by atomic mass is 9.95. The summed E-state index contributed by atoms with van der Waals surface area (Å²) in [5.74, 6) is 1.01. The predicted molar refractivity (Wildman–Crippen MR) is 130 cm³/mol. The smallest absolute Gasteiger partial charge is 0.241 e. The molecule has 0 atom stereocenters. The highest BCUT2D eigenvalue weighted by Crippen LogP contribution is 2.29. The van der Waals surface area contributed by atoms with Gasteiger partial charge in [-0.15, -0.1) is 0 Å². The van der Waals surface area contributed by atoms with Crippen molar-refractivity contribution in [2.75, 3.05) is 18.4 Å². The number of rotatable bonds is 5. The fourth-order valence-corrected chi connectivity index (χ4v) is 4.71. The molecule has 0 radical (unpaired) electrons. The second-order valence-electron chi connectivity index (χ2n) is 8.20.